The number of morpholine rings is 1. The van der Waals surface area contributed by atoms with Gasteiger partial charge in [-0.3, -0.25) is 4.79 Å². The van der Waals surface area contributed by atoms with E-state index in [1.165, 1.54) is 12.1 Å². The van der Waals surface area contributed by atoms with E-state index >= 15 is 0 Å². The number of nitrogens with zero attached hydrogens (tertiary/aromatic N) is 1. The van der Waals surface area contributed by atoms with E-state index in [1.54, 1.807) is 11.0 Å². The highest BCUT2D eigenvalue weighted by Crippen LogP contribution is 2.14. The van der Waals surface area contributed by atoms with Crippen molar-refractivity contribution < 1.29 is 13.9 Å². The molecule has 1 fully saturated rings. The Kier molecular flexibility index (Phi) is 5.53. The Hall–Kier alpha value is -1.17. The minimum absolute atomic E-state index is 0. The van der Waals surface area contributed by atoms with Crippen LogP contribution in [0.1, 0.15) is 15.9 Å². The highest BCUT2D eigenvalue weighted by atomic mass is 35.5. The Balaban J connectivity index is 0.00000162. The quantitative estimate of drug-likeness (QED) is 0.881. The molecular formula is C12H16ClFN2O2. The van der Waals surface area contributed by atoms with Crippen molar-refractivity contribution in [2.45, 2.75) is 6.54 Å². The van der Waals surface area contributed by atoms with Crippen LogP contribution in [0.4, 0.5) is 4.39 Å². The molecule has 100 valence electrons. The van der Waals surface area contributed by atoms with Crippen LogP contribution in [0.15, 0.2) is 18.2 Å². The fraction of sp³-hybridized carbons (Fsp3) is 0.417. The number of carbonyl (C=O) groups excluding carboxylic acids is 1. The lowest BCUT2D eigenvalue weighted by Gasteiger charge is -2.27. The molecule has 0 aromatic heterocycles. The van der Waals surface area contributed by atoms with E-state index in [0.29, 0.717) is 37.4 Å². The Labute approximate surface area is 111 Å². The summed E-state index contributed by atoms with van der Waals surface area (Å²) in [6, 6.07) is 4.13. The van der Waals surface area contributed by atoms with Crippen molar-refractivity contribution in [3.63, 3.8) is 0 Å². The highest BCUT2D eigenvalue weighted by Gasteiger charge is 2.20. The lowest BCUT2D eigenvalue weighted by Crippen LogP contribution is -2.41. The Morgan fingerprint density at radius 1 is 1.39 bits per heavy atom. The molecule has 0 radical (unpaired) electrons. The van der Waals surface area contributed by atoms with Gasteiger partial charge in [0.25, 0.3) is 5.91 Å². The zero-order chi connectivity index (χ0) is 12.3. The topological polar surface area (TPSA) is 55.6 Å². The number of halogens is 2. The fourth-order valence-corrected chi connectivity index (χ4v) is 1.86. The average molecular weight is 275 g/mol. The zero-order valence-electron chi connectivity index (χ0n) is 9.89. The second-order valence-corrected chi connectivity index (χ2v) is 3.91. The second-order valence-electron chi connectivity index (χ2n) is 3.91. The molecule has 0 bridgehead atoms. The van der Waals surface area contributed by atoms with Crippen LogP contribution in [-0.2, 0) is 11.3 Å². The Morgan fingerprint density at radius 3 is 2.67 bits per heavy atom. The first-order valence-electron chi connectivity index (χ1n) is 5.58. The molecule has 0 spiro atoms. The molecule has 1 amide bonds. The lowest BCUT2D eigenvalue weighted by atomic mass is 10.1. The molecule has 4 nitrogen and oxygen atoms in total. The van der Waals surface area contributed by atoms with E-state index in [9.17, 15) is 9.18 Å². The molecular weight excluding hydrogens is 259 g/mol. The molecule has 1 saturated heterocycles. The predicted molar refractivity (Wildman–Crippen MR) is 68.3 cm³/mol. The van der Waals surface area contributed by atoms with Crippen LogP contribution >= 0.6 is 12.4 Å². The van der Waals surface area contributed by atoms with E-state index in [1.807, 2.05) is 0 Å². The van der Waals surface area contributed by atoms with Crippen LogP contribution in [-0.4, -0.2) is 37.1 Å². The fourth-order valence-electron chi connectivity index (χ4n) is 1.86. The number of carbonyl (C=O) groups is 1. The molecule has 18 heavy (non-hydrogen) atoms. The number of hydrogen-bond donors (Lipinski definition) is 1. The summed E-state index contributed by atoms with van der Waals surface area (Å²) in [6.07, 6.45) is 0. The first-order chi connectivity index (χ1) is 8.22. The largest absolute Gasteiger partial charge is 0.378 e. The van der Waals surface area contributed by atoms with Crippen LogP contribution in [0.25, 0.3) is 0 Å². The van der Waals surface area contributed by atoms with Gasteiger partial charge in [0.1, 0.15) is 5.82 Å². The number of ether oxygens (including phenoxy) is 1. The number of amides is 1. The van der Waals surface area contributed by atoms with Crippen molar-refractivity contribution in [3.05, 3.63) is 35.1 Å². The van der Waals surface area contributed by atoms with Gasteiger partial charge in [-0.25, -0.2) is 4.39 Å². The molecule has 0 saturated carbocycles. The van der Waals surface area contributed by atoms with Crippen molar-refractivity contribution >= 4 is 18.3 Å². The van der Waals surface area contributed by atoms with Gasteiger partial charge in [0, 0.05) is 25.2 Å². The number of benzene rings is 1. The molecule has 1 aromatic carbocycles. The van der Waals surface area contributed by atoms with Crippen LogP contribution in [0.3, 0.4) is 0 Å². The average Bonchev–Trinajstić information content (AvgIpc) is 2.39. The summed E-state index contributed by atoms with van der Waals surface area (Å²) in [4.78, 5) is 13.8. The van der Waals surface area contributed by atoms with Crippen molar-refractivity contribution in [1.82, 2.24) is 4.90 Å². The van der Waals surface area contributed by atoms with Gasteiger partial charge in [-0.15, -0.1) is 12.4 Å². The van der Waals surface area contributed by atoms with E-state index < -0.39 is 5.82 Å². The first kappa shape index (κ1) is 14.9. The summed E-state index contributed by atoms with van der Waals surface area (Å²) in [5, 5.41) is 0. The van der Waals surface area contributed by atoms with Crippen LogP contribution in [0.5, 0.6) is 0 Å². The van der Waals surface area contributed by atoms with Gasteiger partial charge < -0.3 is 15.4 Å². The summed E-state index contributed by atoms with van der Waals surface area (Å²) < 4.78 is 18.3. The Bertz CT molecular complexity index is 423. The molecule has 1 heterocycles. The van der Waals surface area contributed by atoms with Crippen molar-refractivity contribution in [2.75, 3.05) is 26.3 Å². The molecule has 1 aliphatic rings. The van der Waals surface area contributed by atoms with Gasteiger partial charge in [0.05, 0.1) is 13.2 Å². The highest BCUT2D eigenvalue weighted by molar-refractivity contribution is 5.95. The normalized spacial score (nSPS) is 15.1. The van der Waals surface area contributed by atoms with E-state index in [-0.39, 0.29) is 24.9 Å². The van der Waals surface area contributed by atoms with Gasteiger partial charge >= 0.3 is 0 Å². The molecule has 1 aliphatic heterocycles. The smallest absolute Gasteiger partial charge is 0.254 e. The Morgan fingerprint density at radius 2 is 2.06 bits per heavy atom. The predicted octanol–water partition coefficient (Wildman–Crippen LogP) is 1.18. The maximum atomic E-state index is 13.2. The zero-order valence-corrected chi connectivity index (χ0v) is 10.7. The third-order valence-corrected chi connectivity index (χ3v) is 2.82. The van der Waals surface area contributed by atoms with E-state index in [2.05, 4.69) is 0 Å². The molecule has 6 heteroatoms. The summed E-state index contributed by atoms with van der Waals surface area (Å²) in [5.74, 6) is -0.591. The van der Waals surface area contributed by atoms with Crippen LogP contribution in [0.2, 0.25) is 0 Å². The first-order valence-corrected chi connectivity index (χ1v) is 5.58. The molecule has 0 unspecified atom stereocenters. The summed E-state index contributed by atoms with van der Waals surface area (Å²) >= 11 is 0. The minimum atomic E-state index is -0.418. The second kappa shape index (κ2) is 6.68. The van der Waals surface area contributed by atoms with E-state index in [0.717, 1.165) is 0 Å². The van der Waals surface area contributed by atoms with E-state index in [4.69, 9.17) is 10.5 Å². The third-order valence-electron chi connectivity index (χ3n) is 2.82. The maximum Gasteiger partial charge on any atom is 0.254 e. The van der Waals surface area contributed by atoms with Crippen molar-refractivity contribution in [3.8, 4) is 0 Å². The monoisotopic (exact) mass is 274 g/mol. The summed E-state index contributed by atoms with van der Waals surface area (Å²) in [7, 11) is 0. The third kappa shape index (κ3) is 3.19. The van der Waals surface area contributed by atoms with Gasteiger partial charge in [0.2, 0.25) is 0 Å². The molecule has 1 aromatic rings. The van der Waals surface area contributed by atoms with Gasteiger partial charge in [-0.05, 0) is 17.7 Å². The molecule has 2 N–H and O–H groups in total. The molecule has 0 atom stereocenters. The summed E-state index contributed by atoms with van der Waals surface area (Å²) in [5.41, 5.74) is 6.58. The van der Waals surface area contributed by atoms with Gasteiger partial charge in [-0.2, -0.15) is 0 Å². The SMILES string of the molecule is Cl.NCc1ccc(F)cc1C(=O)N1CCOCC1. The minimum Gasteiger partial charge on any atom is -0.378 e. The number of rotatable bonds is 2. The standard InChI is InChI=1S/C12H15FN2O2.ClH/c13-10-2-1-9(8-14)11(7-10)12(16)15-3-5-17-6-4-15;/h1-2,7H,3-6,8,14H2;1H. The van der Waals surface area contributed by atoms with Gasteiger partial charge in [0.15, 0.2) is 0 Å². The van der Waals surface area contributed by atoms with Crippen LogP contribution in [0, 0.1) is 5.82 Å². The lowest BCUT2D eigenvalue weighted by molar-refractivity contribution is 0.0302. The molecule has 2 rings (SSSR count). The maximum absolute atomic E-state index is 13.2. The number of nitrogens with two attached hydrogens (primary N) is 1. The number of hydrogen-bond acceptors (Lipinski definition) is 3. The van der Waals surface area contributed by atoms with Crippen molar-refractivity contribution in [2.24, 2.45) is 5.73 Å². The molecule has 0 aliphatic carbocycles. The van der Waals surface area contributed by atoms with Gasteiger partial charge in [-0.1, -0.05) is 6.07 Å². The van der Waals surface area contributed by atoms with Crippen molar-refractivity contribution in [1.29, 1.82) is 0 Å². The summed E-state index contributed by atoms with van der Waals surface area (Å²) in [6.45, 7) is 2.36. The van der Waals surface area contributed by atoms with Crippen LogP contribution < -0.4 is 5.73 Å².